The van der Waals surface area contributed by atoms with Crippen molar-refractivity contribution in [2.45, 2.75) is 19.4 Å². The average molecular weight is 438 g/mol. The average Bonchev–Trinajstić information content (AvgIpc) is 2.87. The van der Waals surface area contributed by atoms with Crippen molar-refractivity contribution in [1.29, 1.82) is 0 Å². The highest BCUT2D eigenvalue weighted by atomic mass is 35.5. The number of hydrogen-bond donors (Lipinski definition) is 1. The summed E-state index contributed by atoms with van der Waals surface area (Å²) in [5.74, 6) is 0.309. The van der Waals surface area contributed by atoms with Crippen molar-refractivity contribution in [1.82, 2.24) is 20.0 Å². The summed E-state index contributed by atoms with van der Waals surface area (Å²) >= 11 is 5.96. The second-order valence-electron chi connectivity index (χ2n) is 6.98. The molecule has 8 heteroatoms. The smallest absolute Gasteiger partial charge is 0.223 e. The zero-order valence-corrected chi connectivity index (χ0v) is 18.1. The fraction of sp³-hybridized carbons (Fsp3) is 0.632. The van der Waals surface area contributed by atoms with Gasteiger partial charge in [-0.15, -0.1) is 24.8 Å². The van der Waals surface area contributed by atoms with Gasteiger partial charge in [-0.05, 0) is 37.2 Å². The van der Waals surface area contributed by atoms with Gasteiger partial charge in [-0.25, -0.2) is 0 Å². The molecule has 0 aromatic heterocycles. The molecule has 154 valence electrons. The van der Waals surface area contributed by atoms with Gasteiger partial charge in [0.05, 0.1) is 0 Å². The van der Waals surface area contributed by atoms with Gasteiger partial charge in [0.25, 0.3) is 0 Å². The number of halogens is 3. The molecule has 2 aliphatic rings. The number of nitrogens with zero attached hydrogens (tertiary/aromatic N) is 3. The van der Waals surface area contributed by atoms with Crippen LogP contribution in [0.1, 0.15) is 18.4 Å². The molecule has 2 fully saturated rings. The third-order valence-corrected chi connectivity index (χ3v) is 5.36. The first-order valence-corrected chi connectivity index (χ1v) is 9.76. The molecule has 0 spiro atoms. The Labute approximate surface area is 180 Å². The molecule has 27 heavy (non-hydrogen) atoms. The van der Waals surface area contributed by atoms with Crippen molar-refractivity contribution >= 4 is 42.3 Å². The van der Waals surface area contributed by atoms with E-state index >= 15 is 0 Å². The number of nitrogens with one attached hydrogen (secondary N) is 1. The maximum Gasteiger partial charge on any atom is 0.223 e. The molecule has 1 amide bonds. The van der Waals surface area contributed by atoms with Gasteiger partial charge in [0, 0.05) is 63.8 Å². The minimum Gasteiger partial charge on any atom is -0.340 e. The summed E-state index contributed by atoms with van der Waals surface area (Å²) in [5, 5.41) is 4.09. The van der Waals surface area contributed by atoms with Crippen molar-refractivity contribution in [3.8, 4) is 0 Å². The first kappa shape index (κ1) is 24.5. The Morgan fingerprint density at radius 1 is 0.926 bits per heavy atom. The lowest BCUT2D eigenvalue weighted by molar-refractivity contribution is -0.132. The Balaban J connectivity index is 0.00000182. The zero-order chi connectivity index (χ0) is 17.5. The number of piperazine rings is 1. The number of rotatable bonds is 5. The molecule has 1 aromatic rings. The molecule has 1 N–H and O–H groups in total. The van der Waals surface area contributed by atoms with Crippen molar-refractivity contribution < 1.29 is 4.79 Å². The third kappa shape index (κ3) is 8.14. The second kappa shape index (κ2) is 12.8. The van der Waals surface area contributed by atoms with Crippen LogP contribution in [-0.4, -0.2) is 79.5 Å². The van der Waals surface area contributed by atoms with Gasteiger partial charge in [0.15, 0.2) is 0 Å². The van der Waals surface area contributed by atoms with Gasteiger partial charge < -0.3 is 15.1 Å². The molecule has 5 nitrogen and oxygen atoms in total. The standard InChI is InChI=1S/C19H29ClN4O.2ClH/c20-18-4-2-17(3-5-18)16-23-10-1-9-22(14-15-23)11-6-19(25)24-12-7-21-8-13-24;;/h2-5,21H,1,6-16H2;2*1H. The molecular formula is C19H31Cl3N4O. The van der Waals surface area contributed by atoms with Crippen molar-refractivity contribution in [2.24, 2.45) is 0 Å². The van der Waals surface area contributed by atoms with Crippen LogP contribution in [0.3, 0.4) is 0 Å². The predicted octanol–water partition coefficient (Wildman–Crippen LogP) is 2.51. The number of carbonyl (C=O) groups is 1. The van der Waals surface area contributed by atoms with Crippen molar-refractivity contribution in [3.05, 3.63) is 34.9 Å². The predicted molar refractivity (Wildman–Crippen MR) is 116 cm³/mol. The van der Waals surface area contributed by atoms with Gasteiger partial charge in [-0.2, -0.15) is 0 Å². The van der Waals surface area contributed by atoms with Crippen LogP contribution in [0.25, 0.3) is 0 Å². The third-order valence-electron chi connectivity index (χ3n) is 5.11. The summed E-state index contributed by atoms with van der Waals surface area (Å²) in [6, 6.07) is 8.14. The zero-order valence-electron chi connectivity index (χ0n) is 15.7. The van der Waals surface area contributed by atoms with E-state index < -0.39 is 0 Å². The quantitative estimate of drug-likeness (QED) is 0.768. The van der Waals surface area contributed by atoms with Gasteiger partial charge in [-0.3, -0.25) is 9.69 Å². The van der Waals surface area contributed by atoms with Crippen molar-refractivity contribution in [2.75, 3.05) is 58.9 Å². The fourth-order valence-corrected chi connectivity index (χ4v) is 3.71. The number of amides is 1. The van der Waals surface area contributed by atoms with Gasteiger partial charge in [0.2, 0.25) is 5.91 Å². The lowest BCUT2D eigenvalue weighted by atomic mass is 10.2. The molecule has 2 heterocycles. The van der Waals surface area contributed by atoms with E-state index in [0.29, 0.717) is 12.3 Å². The minimum atomic E-state index is 0. The van der Waals surface area contributed by atoms with E-state index in [1.54, 1.807) is 0 Å². The Hall–Kier alpha value is -0.560. The summed E-state index contributed by atoms with van der Waals surface area (Å²) in [5.41, 5.74) is 1.31. The first-order chi connectivity index (χ1) is 12.2. The molecule has 0 unspecified atom stereocenters. The van der Waals surface area contributed by atoms with Crippen LogP contribution < -0.4 is 5.32 Å². The number of carbonyl (C=O) groups excluding carboxylic acids is 1. The summed E-state index contributed by atoms with van der Waals surface area (Å²) in [7, 11) is 0. The second-order valence-corrected chi connectivity index (χ2v) is 7.42. The summed E-state index contributed by atoms with van der Waals surface area (Å²) in [6.07, 6.45) is 1.81. The number of benzene rings is 1. The highest BCUT2D eigenvalue weighted by Gasteiger charge is 2.19. The van der Waals surface area contributed by atoms with E-state index in [0.717, 1.165) is 76.9 Å². The van der Waals surface area contributed by atoms with Gasteiger partial charge in [0.1, 0.15) is 0 Å². The molecule has 3 rings (SSSR count). The Bertz CT molecular complexity index is 552. The van der Waals surface area contributed by atoms with Gasteiger partial charge >= 0.3 is 0 Å². The van der Waals surface area contributed by atoms with E-state index in [2.05, 4.69) is 27.2 Å². The fourth-order valence-electron chi connectivity index (χ4n) is 3.58. The van der Waals surface area contributed by atoms with Crippen LogP contribution in [0.5, 0.6) is 0 Å². The summed E-state index contributed by atoms with van der Waals surface area (Å²) < 4.78 is 0. The van der Waals surface area contributed by atoms with Crippen LogP contribution in [0, 0.1) is 0 Å². The molecule has 2 saturated heterocycles. The molecule has 0 radical (unpaired) electrons. The topological polar surface area (TPSA) is 38.8 Å². The lowest BCUT2D eigenvalue weighted by Crippen LogP contribution is -2.47. The SMILES string of the molecule is Cl.Cl.O=C(CCN1CCCN(Cc2ccc(Cl)cc2)CC1)N1CCNCC1. The van der Waals surface area contributed by atoms with Crippen molar-refractivity contribution in [3.63, 3.8) is 0 Å². The maximum atomic E-state index is 12.3. The minimum absolute atomic E-state index is 0. The van der Waals surface area contributed by atoms with E-state index in [9.17, 15) is 4.79 Å². The molecular weight excluding hydrogens is 407 g/mol. The summed E-state index contributed by atoms with van der Waals surface area (Å²) in [6.45, 7) is 9.73. The highest BCUT2D eigenvalue weighted by Crippen LogP contribution is 2.13. The largest absolute Gasteiger partial charge is 0.340 e. The monoisotopic (exact) mass is 436 g/mol. The molecule has 0 saturated carbocycles. The molecule has 2 aliphatic heterocycles. The molecule has 0 aliphatic carbocycles. The van der Waals surface area contributed by atoms with Crippen LogP contribution in [-0.2, 0) is 11.3 Å². The Morgan fingerprint density at radius 2 is 1.56 bits per heavy atom. The highest BCUT2D eigenvalue weighted by molar-refractivity contribution is 6.30. The Kier molecular flexibility index (Phi) is 11.6. The van der Waals surface area contributed by atoms with Crippen LogP contribution >= 0.6 is 36.4 Å². The van der Waals surface area contributed by atoms with Crippen LogP contribution in [0.15, 0.2) is 24.3 Å². The van der Waals surface area contributed by atoms with Crippen LogP contribution in [0.2, 0.25) is 5.02 Å². The van der Waals surface area contributed by atoms with Crippen LogP contribution in [0.4, 0.5) is 0 Å². The normalized spacial score (nSPS) is 18.9. The first-order valence-electron chi connectivity index (χ1n) is 9.38. The van der Waals surface area contributed by atoms with E-state index in [1.807, 2.05) is 17.0 Å². The summed E-state index contributed by atoms with van der Waals surface area (Å²) in [4.78, 5) is 19.3. The van der Waals surface area contributed by atoms with Gasteiger partial charge in [-0.1, -0.05) is 23.7 Å². The van der Waals surface area contributed by atoms with E-state index in [4.69, 9.17) is 11.6 Å². The molecule has 0 bridgehead atoms. The molecule has 1 aromatic carbocycles. The lowest BCUT2D eigenvalue weighted by Gasteiger charge is -2.28. The Morgan fingerprint density at radius 3 is 2.26 bits per heavy atom. The van der Waals surface area contributed by atoms with E-state index in [-0.39, 0.29) is 24.8 Å². The van der Waals surface area contributed by atoms with E-state index in [1.165, 1.54) is 5.56 Å². The number of hydrogen-bond acceptors (Lipinski definition) is 4. The maximum absolute atomic E-state index is 12.3. The molecule has 0 atom stereocenters.